The summed E-state index contributed by atoms with van der Waals surface area (Å²) in [4.78, 5) is 0. The van der Waals surface area contributed by atoms with Crippen LogP contribution in [0.15, 0.2) is 12.1 Å². The topological polar surface area (TPSA) is 41.5 Å². The monoisotopic (exact) mass is 193 g/mol. The van der Waals surface area contributed by atoms with Gasteiger partial charge in [0.1, 0.15) is 0 Å². The van der Waals surface area contributed by atoms with Crippen LogP contribution in [0.2, 0.25) is 0 Å². The Balaban J connectivity index is 2.27. The molecule has 0 radical (unpaired) electrons. The summed E-state index contributed by atoms with van der Waals surface area (Å²) < 4.78 is 5.07. The van der Waals surface area contributed by atoms with E-state index in [0.29, 0.717) is 11.7 Å². The number of aromatic hydroxyl groups is 1. The summed E-state index contributed by atoms with van der Waals surface area (Å²) in [5.41, 5.74) is 2.54. The third-order valence-corrected chi connectivity index (χ3v) is 2.80. The maximum Gasteiger partial charge on any atom is 0.160 e. The summed E-state index contributed by atoms with van der Waals surface area (Å²) in [5.74, 6) is 1.39. The number of likely N-dealkylation sites (N-methyl/N-ethyl adjacent to an activating group) is 1. The second-order valence-corrected chi connectivity index (χ2v) is 3.68. The fourth-order valence-electron chi connectivity index (χ4n) is 2.02. The van der Waals surface area contributed by atoms with Crippen LogP contribution in [0.1, 0.15) is 17.0 Å². The van der Waals surface area contributed by atoms with Crippen molar-refractivity contribution in [3.63, 3.8) is 0 Å². The molecule has 1 aromatic carbocycles. The van der Waals surface area contributed by atoms with Gasteiger partial charge in [-0.3, -0.25) is 0 Å². The van der Waals surface area contributed by atoms with Gasteiger partial charge in [0.25, 0.3) is 0 Å². The molecule has 0 heterocycles. The lowest BCUT2D eigenvalue weighted by atomic mass is 9.77. The second kappa shape index (κ2) is 3.50. The zero-order valence-corrected chi connectivity index (χ0v) is 8.50. The first kappa shape index (κ1) is 9.34. The number of phenols is 1. The van der Waals surface area contributed by atoms with E-state index in [9.17, 15) is 5.11 Å². The molecular formula is C11H15NO2. The molecule has 0 saturated heterocycles. The molecule has 3 nitrogen and oxygen atoms in total. The van der Waals surface area contributed by atoms with Gasteiger partial charge in [-0.15, -0.1) is 0 Å². The van der Waals surface area contributed by atoms with Crippen LogP contribution in [0.5, 0.6) is 11.5 Å². The molecule has 0 unspecified atom stereocenters. The van der Waals surface area contributed by atoms with Gasteiger partial charge in [-0.1, -0.05) is 0 Å². The maximum atomic E-state index is 9.53. The first-order valence-corrected chi connectivity index (χ1v) is 4.80. The van der Waals surface area contributed by atoms with E-state index in [1.807, 2.05) is 13.1 Å². The predicted molar refractivity (Wildman–Crippen MR) is 55.0 cm³/mol. The highest BCUT2D eigenvalue weighted by Crippen LogP contribution is 2.41. The normalized spacial score (nSPS) is 18.6. The van der Waals surface area contributed by atoms with E-state index >= 15 is 0 Å². The van der Waals surface area contributed by atoms with Gasteiger partial charge in [-0.25, -0.2) is 0 Å². The molecule has 0 saturated carbocycles. The largest absolute Gasteiger partial charge is 0.504 e. The van der Waals surface area contributed by atoms with Crippen molar-refractivity contribution < 1.29 is 9.84 Å². The average molecular weight is 193 g/mol. The standard InChI is InChI=1S/C11H15NO2/c1-12-6-8-3-7-4-10(13)11(14-2)5-9(7)8/h4-5,8,12-13H,3,6H2,1-2H3/t8-/m1/s1. The van der Waals surface area contributed by atoms with Crippen molar-refractivity contribution in [2.75, 3.05) is 20.7 Å². The van der Waals surface area contributed by atoms with Gasteiger partial charge in [-0.05, 0) is 36.7 Å². The quantitative estimate of drug-likeness (QED) is 0.759. The van der Waals surface area contributed by atoms with Crippen LogP contribution in [-0.2, 0) is 6.42 Å². The zero-order chi connectivity index (χ0) is 10.1. The van der Waals surface area contributed by atoms with Gasteiger partial charge < -0.3 is 15.2 Å². The van der Waals surface area contributed by atoms with E-state index in [1.165, 1.54) is 11.1 Å². The molecule has 2 rings (SSSR count). The van der Waals surface area contributed by atoms with Gasteiger partial charge in [-0.2, -0.15) is 0 Å². The van der Waals surface area contributed by atoms with Crippen molar-refractivity contribution in [2.24, 2.45) is 0 Å². The zero-order valence-electron chi connectivity index (χ0n) is 8.50. The minimum absolute atomic E-state index is 0.245. The molecule has 14 heavy (non-hydrogen) atoms. The third kappa shape index (κ3) is 1.34. The van der Waals surface area contributed by atoms with Crippen molar-refractivity contribution in [1.82, 2.24) is 5.32 Å². The SMILES string of the molecule is CNC[C@H]1Cc2cc(O)c(OC)cc21. The fraction of sp³-hybridized carbons (Fsp3) is 0.455. The Bertz CT molecular complexity index is 349. The summed E-state index contributed by atoms with van der Waals surface area (Å²) in [5, 5.41) is 12.7. The lowest BCUT2D eigenvalue weighted by Gasteiger charge is -2.30. The number of rotatable bonds is 3. The van der Waals surface area contributed by atoms with Gasteiger partial charge in [0, 0.05) is 12.5 Å². The van der Waals surface area contributed by atoms with E-state index in [2.05, 4.69) is 5.32 Å². The Kier molecular flexibility index (Phi) is 2.33. The van der Waals surface area contributed by atoms with Crippen molar-refractivity contribution in [3.8, 4) is 11.5 Å². The number of hydrogen-bond acceptors (Lipinski definition) is 3. The Morgan fingerprint density at radius 2 is 2.36 bits per heavy atom. The lowest BCUT2D eigenvalue weighted by Crippen LogP contribution is -2.26. The average Bonchev–Trinajstić information content (AvgIpc) is 2.16. The van der Waals surface area contributed by atoms with Crippen molar-refractivity contribution >= 4 is 0 Å². The van der Waals surface area contributed by atoms with E-state index in [4.69, 9.17) is 4.74 Å². The fourth-order valence-corrected chi connectivity index (χ4v) is 2.02. The highest BCUT2D eigenvalue weighted by molar-refractivity contribution is 5.52. The van der Waals surface area contributed by atoms with Gasteiger partial charge in [0.15, 0.2) is 11.5 Å². The lowest BCUT2D eigenvalue weighted by molar-refractivity contribution is 0.370. The van der Waals surface area contributed by atoms with Gasteiger partial charge >= 0.3 is 0 Å². The molecule has 3 heteroatoms. The highest BCUT2D eigenvalue weighted by atomic mass is 16.5. The first-order chi connectivity index (χ1) is 6.76. The maximum absolute atomic E-state index is 9.53. The smallest absolute Gasteiger partial charge is 0.160 e. The Hall–Kier alpha value is -1.22. The minimum atomic E-state index is 0.245. The van der Waals surface area contributed by atoms with E-state index in [0.717, 1.165) is 13.0 Å². The third-order valence-electron chi connectivity index (χ3n) is 2.80. The number of ether oxygens (including phenoxy) is 1. The Morgan fingerprint density at radius 1 is 1.57 bits per heavy atom. The van der Waals surface area contributed by atoms with Crippen molar-refractivity contribution in [3.05, 3.63) is 23.3 Å². The van der Waals surface area contributed by atoms with Crippen LogP contribution in [0.3, 0.4) is 0 Å². The number of nitrogens with one attached hydrogen (secondary N) is 1. The summed E-state index contributed by atoms with van der Waals surface area (Å²) in [7, 11) is 3.53. The van der Waals surface area contributed by atoms with Gasteiger partial charge in [0.05, 0.1) is 7.11 Å². The summed E-state index contributed by atoms with van der Waals surface area (Å²) in [6.07, 6.45) is 1.05. The number of methoxy groups -OCH3 is 1. The van der Waals surface area contributed by atoms with E-state index in [1.54, 1.807) is 13.2 Å². The number of benzene rings is 1. The molecule has 1 aromatic rings. The molecule has 0 aromatic heterocycles. The molecule has 2 N–H and O–H groups in total. The molecule has 1 aliphatic rings. The molecule has 1 atom stereocenters. The Labute approximate surface area is 83.7 Å². The first-order valence-electron chi connectivity index (χ1n) is 4.80. The summed E-state index contributed by atoms with van der Waals surface area (Å²) in [6, 6.07) is 3.75. The molecule has 76 valence electrons. The van der Waals surface area contributed by atoms with E-state index in [-0.39, 0.29) is 5.75 Å². The van der Waals surface area contributed by atoms with Crippen LogP contribution in [0, 0.1) is 0 Å². The number of hydrogen-bond donors (Lipinski definition) is 2. The molecular weight excluding hydrogens is 178 g/mol. The highest BCUT2D eigenvalue weighted by Gasteiger charge is 2.27. The molecule has 0 bridgehead atoms. The predicted octanol–water partition coefficient (Wildman–Crippen LogP) is 1.26. The minimum Gasteiger partial charge on any atom is -0.504 e. The van der Waals surface area contributed by atoms with Crippen LogP contribution >= 0.6 is 0 Å². The van der Waals surface area contributed by atoms with E-state index < -0.39 is 0 Å². The number of fused-ring (bicyclic) bond motifs is 1. The van der Waals surface area contributed by atoms with Crippen LogP contribution in [0.4, 0.5) is 0 Å². The Morgan fingerprint density at radius 3 is 3.00 bits per heavy atom. The van der Waals surface area contributed by atoms with Crippen LogP contribution in [-0.4, -0.2) is 25.8 Å². The molecule has 0 aliphatic heterocycles. The second-order valence-electron chi connectivity index (χ2n) is 3.68. The number of phenolic OH excluding ortho intramolecular Hbond substituents is 1. The molecule has 1 aliphatic carbocycles. The molecule has 0 spiro atoms. The van der Waals surface area contributed by atoms with Crippen molar-refractivity contribution in [1.29, 1.82) is 0 Å². The summed E-state index contributed by atoms with van der Waals surface area (Å²) in [6.45, 7) is 0.987. The van der Waals surface area contributed by atoms with Crippen LogP contribution < -0.4 is 10.1 Å². The van der Waals surface area contributed by atoms with Gasteiger partial charge in [0.2, 0.25) is 0 Å². The molecule has 0 fully saturated rings. The van der Waals surface area contributed by atoms with Crippen LogP contribution in [0.25, 0.3) is 0 Å². The van der Waals surface area contributed by atoms with Crippen molar-refractivity contribution in [2.45, 2.75) is 12.3 Å². The molecule has 0 amide bonds. The summed E-state index contributed by atoms with van der Waals surface area (Å²) >= 11 is 0.